The molecule has 0 unspecified atom stereocenters. The van der Waals surface area contributed by atoms with Gasteiger partial charge in [-0.25, -0.2) is 5.43 Å². The van der Waals surface area contributed by atoms with Crippen molar-refractivity contribution in [2.45, 2.75) is 26.4 Å². The number of ether oxygens (including phenoxy) is 2. The molecule has 0 aliphatic rings. The summed E-state index contributed by atoms with van der Waals surface area (Å²) in [6.07, 6.45) is 3.74. The number of furan rings is 1. The summed E-state index contributed by atoms with van der Waals surface area (Å²) in [4.78, 5) is 11.7. The number of hydrazone groups is 1. The molecule has 0 aliphatic heterocycles. The van der Waals surface area contributed by atoms with Crippen LogP contribution in [0.3, 0.4) is 0 Å². The topological polar surface area (TPSA) is 73.1 Å². The summed E-state index contributed by atoms with van der Waals surface area (Å²) in [7, 11) is 1.54. The Morgan fingerprint density at radius 3 is 2.92 bits per heavy atom. The molecule has 1 aromatic carbocycles. The summed E-state index contributed by atoms with van der Waals surface area (Å²) in [6.45, 7) is 3.98. The van der Waals surface area contributed by atoms with E-state index >= 15 is 0 Å². The van der Waals surface area contributed by atoms with Crippen LogP contribution in [0.25, 0.3) is 0 Å². The molecule has 2 rings (SSSR count). The van der Waals surface area contributed by atoms with Gasteiger partial charge in [-0.15, -0.1) is 0 Å². The molecule has 0 spiro atoms. The second-order valence-corrected chi connectivity index (χ2v) is 5.45. The number of rotatable bonds is 7. The van der Waals surface area contributed by atoms with Crippen molar-refractivity contribution >= 4 is 23.7 Å². The van der Waals surface area contributed by atoms with E-state index in [-0.39, 0.29) is 11.9 Å². The first kappa shape index (κ1) is 17.9. The zero-order chi connectivity index (χ0) is 17.5. The number of hydrogen-bond donors (Lipinski definition) is 1. The van der Waals surface area contributed by atoms with Gasteiger partial charge in [0.05, 0.1) is 30.7 Å². The van der Waals surface area contributed by atoms with Crippen LogP contribution in [-0.4, -0.2) is 25.3 Å². The quantitative estimate of drug-likeness (QED) is 0.607. The maximum absolute atomic E-state index is 11.7. The van der Waals surface area contributed by atoms with Crippen molar-refractivity contribution in [3.05, 3.63) is 46.9 Å². The van der Waals surface area contributed by atoms with Crippen molar-refractivity contribution in [3.8, 4) is 11.5 Å². The average molecular weight is 351 g/mol. The zero-order valence-electron chi connectivity index (χ0n) is 13.7. The van der Waals surface area contributed by atoms with E-state index in [9.17, 15) is 4.79 Å². The summed E-state index contributed by atoms with van der Waals surface area (Å²) >= 11 is 6.27. The van der Waals surface area contributed by atoms with E-state index in [1.165, 1.54) is 19.6 Å². The highest BCUT2D eigenvalue weighted by Crippen LogP contribution is 2.37. The normalized spacial score (nSPS) is 12.2. The van der Waals surface area contributed by atoms with Gasteiger partial charge in [-0.3, -0.25) is 4.79 Å². The Hall–Kier alpha value is -2.47. The molecule has 1 N–H and O–H groups in total. The summed E-state index contributed by atoms with van der Waals surface area (Å²) < 4.78 is 16.1. The van der Waals surface area contributed by atoms with Crippen molar-refractivity contribution in [1.82, 2.24) is 5.43 Å². The first-order valence-electron chi connectivity index (χ1n) is 7.46. The first-order chi connectivity index (χ1) is 11.5. The lowest BCUT2D eigenvalue weighted by Gasteiger charge is -2.17. The summed E-state index contributed by atoms with van der Waals surface area (Å²) in [5.41, 5.74) is 3.03. The Morgan fingerprint density at radius 1 is 1.50 bits per heavy atom. The fraction of sp³-hybridized carbons (Fsp3) is 0.294. The number of methoxy groups -OCH3 is 1. The van der Waals surface area contributed by atoms with Crippen LogP contribution in [0, 0.1) is 0 Å². The van der Waals surface area contributed by atoms with E-state index in [4.69, 9.17) is 25.5 Å². The Kier molecular flexibility index (Phi) is 6.26. The van der Waals surface area contributed by atoms with Crippen molar-refractivity contribution in [2.24, 2.45) is 5.10 Å². The van der Waals surface area contributed by atoms with Crippen molar-refractivity contribution in [2.75, 3.05) is 7.11 Å². The van der Waals surface area contributed by atoms with Crippen LogP contribution in [0.4, 0.5) is 0 Å². The van der Waals surface area contributed by atoms with Crippen LogP contribution in [0.2, 0.25) is 5.02 Å². The molecule has 6 nitrogen and oxygen atoms in total. The standard InChI is InChI=1S/C17H19ClN2O4/c1-4-11(2)24-16-13(18)8-12(9-15(16)22-3)10-19-20-17(21)14-6-5-7-23-14/h5-11H,4H2,1-3H3,(H,20,21)/b19-10+/t11-/m1/s1. The van der Waals surface area contributed by atoms with Crippen LogP contribution in [0.15, 0.2) is 40.0 Å². The predicted molar refractivity (Wildman–Crippen MR) is 92.2 cm³/mol. The lowest BCUT2D eigenvalue weighted by atomic mass is 10.2. The second kappa shape index (κ2) is 8.40. The van der Waals surface area contributed by atoms with E-state index in [0.717, 1.165) is 6.42 Å². The molecule has 1 aromatic heterocycles. The third kappa shape index (κ3) is 4.52. The van der Waals surface area contributed by atoms with Crippen LogP contribution in [0.5, 0.6) is 11.5 Å². The van der Waals surface area contributed by atoms with Crippen molar-refractivity contribution in [3.63, 3.8) is 0 Å². The highest BCUT2D eigenvalue weighted by Gasteiger charge is 2.14. The van der Waals surface area contributed by atoms with Crippen molar-refractivity contribution in [1.29, 1.82) is 0 Å². The number of nitrogens with zero attached hydrogens (tertiary/aromatic N) is 1. The zero-order valence-corrected chi connectivity index (χ0v) is 14.5. The van der Waals surface area contributed by atoms with Gasteiger partial charge in [0.2, 0.25) is 0 Å². The van der Waals surface area contributed by atoms with Gasteiger partial charge in [-0.05, 0) is 43.2 Å². The molecule has 0 aliphatic carbocycles. The highest BCUT2D eigenvalue weighted by atomic mass is 35.5. The third-order valence-corrected chi connectivity index (χ3v) is 3.55. The van der Waals surface area contributed by atoms with E-state index in [1.807, 2.05) is 13.8 Å². The molecule has 24 heavy (non-hydrogen) atoms. The number of carbonyl (C=O) groups is 1. The number of halogens is 1. The van der Waals surface area contributed by atoms with Crippen LogP contribution >= 0.6 is 11.6 Å². The van der Waals surface area contributed by atoms with E-state index < -0.39 is 5.91 Å². The van der Waals surface area contributed by atoms with Gasteiger partial charge in [0.15, 0.2) is 17.3 Å². The van der Waals surface area contributed by atoms with Crippen LogP contribution in [-0.2, 0) is 0 Å². The molecule has 1 heterocycles. The molecule has 0 saturated carbocycles. The maximum Gasteiger partial charge on any atom is 0.307 e. The fourth-order valence-corrected chi connectivity index (χ4v) is 2.11. The average Bonchev–Trinajstić information content (AvgIpc) is 3.11. The molecule has 0 saturated heterocycles. The van der Waals surface area contributed by atoms with Crippen LogP contribution < -0.4 is 14.9 Å². The van der Waals surface area contributed by atoms with E-state index in [2.05, 4.69) is 10.5 Å². The minimum absolute atomic E-state index is 0.0171. The van der Waals surface area contributed by atoms with Gasteiger partial charge >= 0.3 is 5.91 Å². The summed E-state index contributed by atoms with van der Waals surface area (Å²) in [5, 5.41) is 4.29. The lowest BCUT2D eigenvalue weighted by Crippen LogP contribution is -2.16. The van der Waals surface area contributed by atoms with Gasteiger partial charge < -0.3 is 13.9 Å². The molecule has 128 valence electrons. The first-order valence-corrected chi connectivity index (χ1v) is 7.84. The third-order valence-electron chi connectivity index (χ3n) is 3.27. The predicted octanol–water partition coefficient (Wildman–Crippen LogP) is 3.88. The second-order valence-electron chi connectivity index (χ2n) is 5.05. The molecular formula is C17H19ClN2O4. The van der Waals surface area contributed by atoms with Crippen LogP contribution in [0.1, 0.15) is 36.4 Å². The Morgan fingerprint density at radius 2 is 2.29 bits per heavy atom. The number of nitrogens with one attached hydrogen (secondary N) is 1. The molecule has 0 radical (unpaired) electrons. The van der Waals surface area contributed by atoms with Gasteiger partial charge in [0.25, 0.3) is 0 Å². The van der Waals surface area contributed by atoms with Gasteiger partial charge in [0.1, 0.15) is 0 Å². The van der Waals surface area contributed by atoms with Gasteiger partial charge in [0, 0.05) is 0 Å². The SMILES string of the molecule is CC[C@@H](C)Oc1c(Cl)cc(/C=N/NC(=O)c2ccco2)cc1OC. The van der Waals surface area contributed by atoms with Crippen molar-refractivity contribution < 1.29 is 18.7 Å². The molecule has 1 amide bonds. The molecule has 7 heteroatoms. The smallest absolute Gasteiger partial charge is 0.307 e. The largest absolute Gasteiger partial charge is 0.493 e. The Labute approximate surface area is 145 Å². The highest BCUT2D eigenvalue weighted by molar-refractivity contribution is 6.32. The number of amides is 1. The van der Waals surface area contributed by atoms with E-state index in [1.54, 1.807) is 24.3 Å². The number of hydrogen-bond acceptors (Lipinski definition) is 5. The maximum atomic E-state index is 11.7. The molecule has 2 aromatic rings. The number of carbonyl (C=O) groups excluding carboxylic acids is 1. The van der Waals surface area contributed by atoms with E-state index in [0.29, 0.717) is 22.1 Å². The summed E-state index contributed by atoms with van der Waals surface area (Å²) in [5.74, 6) is 0.734. The van der Waals surface area contributed by atoms with Gasteiger partial charge in [-0.1, -0.05) is 18.5 Å². The Bertz CT molecular complexity index is 714. The molecular weight excluding hydrogens is 332 g/mol. The monoisotopic (exact) mass is 350 g/mol. The summed E-state index contributed by atoms with van der Waals surface area (Å²) in [6, 6.07) is 6.58. The fourth-order valence-electron chi connectivity index (χ4n) is 1.84. The minimum Gasteiger partial charge on any atom is -0.493 e. The molecule has 0 fully saturated rings. The Balaban J connectivity index is 2.12. The molecule has 1 atom stereocenters. The minimum atomic E-state index is -0.439. The number of benzene rings is 1. The lowest BCUT2D eigenvalue weighted by molar-refractivity contribution is 0.0927. The molecule has 0 bridgehead atoms. The van der Waals surface area contributed by atoms with Gasteiger partial charge in [-0.2, -0.15) is 5.10 Å².